The summed E-state index contributed by atoms with van der Waals surface area (Å²) in [5, 5.41) is 1.73. The molecule has 2 rings (SSSR count). The van der Waals surface area contributed by atoms with Crippen LogP contribution in [0.2, 0.25) is 0 Å². The molecule has 1 saturated carbocycles. The number of piperidine rings is 1. The van der Waals surface area contributed by atoms with Gasteiger partial charge in [-0.25, -0.2) is 5.32 Å². The van der Waals surface area contributed by atoms with Gasteiger partial charge in [0.05, 0.1) is 0 Å². The summed E-state index contributed by atoms with van der Waals surface area (Å²) in [6.07, 6.45) is -0.373. The van der Waals surface area contributed by atoms with E-state index in [0.717, 1.165) is 13.0 Å². The van der Waals surface area contributed by atoms with Crippen LogP contribution in [0.5, 0.6) is 0 Å². The first-order valence-electron chi connectivity index (χ1n) is 5.13. The molecule has 0 spiro atoms. The van der Waals surface area contributed by atoms with Gasteiger partial charge in [0.1, 0.15) is 0 Å². The molecule has 0 aromatic heterocycles. The fourth-order valence-corrected chi connectivity index (χ4v) is 2.13. The Bertz CT molecular complexity index is 201. The van der Waals surface area contributed by atoms with Crippen molar-refractivity contribution < 1.29 is 13.2 Å². The minimum absolute atomic E-state index is 0.399. The molecule has 1 aliphatic carbocycles. The number of likely N-dealkylation sites (tertiary alicyclic amines) is 1. The van der Waals surface area contributed by atoms with Crippen LogP contribution >= 0.6 is 0 Å². The Kier molecular flexibility index (Phi) is 2.70. The first kappa shape index (κ1) is 10.2. The number of rotatable bonds is 2. The van der Waals surface area contributed by atoms with Crippen LogP contribution in [-0.4, -0.2) is 36.4 Å². The highest BCUT2D eigenvalue weighted by molar-refractivity contribution is 4.89. The highest BCUT2D eigenvalue weighted by Gasteiger charge is 2.36. The number of nitrogens with one attached hydrogen (secondary N) is 1. The van der Waals surface area contributed by atoms with Crippen LogP contribution in [0.15, 0.2) is 0 Å². The molecular weight excluding hydrogens is 193 g/mol. The molecule has 0 unspecified atom stereocenters. The lowest BCUT2D eigenvalue weighted by Crippen LogP contribution is -2.50. The quantitative estimate of drug-likeness (QED) is 0.695. The van der Waals surface area contributed by atoms with Gasteiger partial charge in [0.15, 0.2) is 0 Å². The van der Waals surface area contributed by atoms with Crippen molar-refractivity contribution in [3.05, 3.63) is 0 Å². The van der Waals surface area contributed by atoms with Crippen molar-refractivity contribution in [2.75, 3.05) is 13.1 Å². The SMILES string of the molecule is FC(F)(F)N[C@@H]1CCCN(C2CC2)C1. The second-order valence-corrected chi connectivity index (χ2v) is 4.21. The molecule has 0 aromatic rings. The number of nitrogens with zero attached hydrogens (tertiary/aromatic N) is 1. The van der Waals surface area contributed by atoms with Crippen LogP contribution in [0.1, 0.15) is 25.7 Å². The van der Waals surface area contributed by atoms with E-state index in [1.807, 2.05) is 0 Å². The first-order chi connectivity index (χ1) is 6.54. The molecule has 0 amide bonds. The van der Waals surface area contributed by atoms with Gasteiger partial charge < -0.3 is 0 Å². The van der Waals surface area contributed by atoms with E-state index >= 15 is 0 Å². The van der Waals surface area contributed by atoms with Gasteiger partial charge in [0.25, 0.3) is 0 Å². The van der Waals surface area contributed by atoms with Crippen LogP contribution in [0.25, 0.3) is 0 Å². The zero-order chi connectivity index (χ0) is 10.2. The summed E-state index contributed by atoms with van der Waals surface area (Å²) >= 11 is 0. The number of alkyl halides is 3. The number of halogens is 3. The van der Waals surface area contributed by atoms with E-state index in [0.29, 0.717) is 19.0 Å². The molecule has 1 heterocycles. The predicted molar refractivity (Wildman–Crippen MR) is 46.8 cm³/mol. The molecule has 1 atom stereocenters. The van der Waals surface area contributed by atoms with Crippen molar-refractivity contribution in [2.45, 2.75) is 44.1 Å². The van der Waals surface area contributed by atoms with E-state index in [2.05, 4.69) is 4.90 Å². The van der Waals surface area contributed by atoms with Gasteiger partial charge >= 0.3 is 6.30 Å². The van der Waals surface area contributed by atoms with E-state index < -0.39 is 12.3 Å². The van der Waals surface area contributed by atoms with Crippen LogP contribution in [0, 0.1) is 0 Å². The molecule has 82 valence electrons. The maximum atomic E-state index is 12.1. The summed E-state index contributed by atoms with van der Waals surface area (Å²) < 4.78 is 36.2. The monoisotopic (exact) mass is 208 g/mol. The fourth-order valence-electron chi connectivity index (χ4n) is 2.13. The largest absolute Gasteiger partial charge is 0.457 e. The maximum Gasteiger partial charge on any atom is 0.457 e. The van der Waals surface area contributed by atoms with Crippen LogP contribution in [0.4, 0.5) is 13.2 Å². The van der Waals surface area contributed by atoms with Gasteiger partial charge in [0.2, 0.25) is 0 Å². The van der Waals surface area contributed by atoms with E-state index in [-0.39, 0.29) is 0 Å². The Morgan fingerprint density at radius 2 is 1.86 bits per heavy atom. The molecule has 0 bridgehead atoms. The standard InChI is InChI=1S/C9H15F3N2/c10-9(11,12)13-7-2-1-5-14(6-7)8-3-4-8/h7-8,13H,1-6H2/t7-/m1/s1. The molecule has 0 radical (unpaired) electrons. The predicted octanol–water partition coefficient (Wildman–Crippen LogP) is 1.72. The molecular formula is C9H15F3N2. The van der Waals surface area contributed by atoms with E-state index in [1.54, 1.807) is 5.32 Å². The highest BCUT2D eigenvalue weighted by atomic mass is 19.4. The van der Waals surface area contributed by atoms with Gasteiger partial charge in [-0.1, -0.05) is 0 Å². The summed E-state index contributed by atoms with van der Waals surface area (Å²) in [4.78, 5) is 2.19. The molecule has 2 fully saturated rings. The topological polar surface area (TPSA) is 15.3 Å². The van der Waals surface area contributed by atoms with Gasteiger partial charge in [-0.05, 0) is 32.2 Å². The fraction of sp³-hybridized carbons (Fsp3) is 1.00. The van der Waals surface area contributed by atoms with Crippen molar-refractivity contribution in [3.8, 4) is 0 Å². The Morgan fingerprint density at radius 3 is 2.43 bits per heavy atom. The Balaban J connectivity index is 1.81. The Labute approximate surface area is 81.5 Å². The highest BCUT2D eigenvalue weighted by Crippen LogP contribution is 2.29. The van der Waals surface area contributed by atoms with Crippen molar-refractivity contribution in [1.29, 1.82) is 0 Å². The van der Waals surface area contributed by atoms with Crippen molar-refractivity contribution in [2.24, 2.45) is 0 Å². The Hall–Kier alpha value is -0.290. The van der Waals surface area contributed by atoms with Gasteiger partial charge in [-0.3, -0.25) is 4.90 Å². The smallest absolute Gasteiger partial charge is 0.299 e. The summed E-state index contributed by atoms with van der Waals surface area (Å²) in [5.74, 6) is 0. The summed E-state index contributed by atoms with van der Waals surface area (Å²) in [6, 6.07) is 0.178. The van der Waals surface area contributed by atoms with E-state index in [4.69, 9.17) is 0 Å². The molecule has 1 aliphatic heterocycles. The minimum Gasteiger partial charge on any atom is -0.299 e. The molecule has 2 aliphatic rings. The molecule has 5 heteroatoms. The van der Waals surface area contributed by atoms with Crippen LogP contribution < -0.4 is 5.32 Å². The second-order valence-electron chi connectivity index (χ2n) is 4.21. The summed E-state index contributed by atoms with van der Waals surface area (Å²) in [7, 11) is 0. The first-order valence-corrected chi connectivity index (χ1v) is 5.13. The lowest BCUT2D eigenvalue weighted by atomic mass is 10.1. The van der Waals surface area contributed by atoms with Gasteiger partial charge in [0, 0.05) is 18.6 Å². The average molecular weight is 208 g/mol. The van der Waals surface area contributed by atoms with Crippen molar-refractivity contribution in [1.82, 2.24) is 10.2 Å². The van der Waals surface area contributed by atoms with Gasteiger partial charge in [-0.2, -0.15) is 13.2 Å². The third-order valence-electron chi connectivity index (χ3n) is 2.88. The van der Waals surface area contributed by atoms with Crippen molar-refractivity contribution in [3.63, 3.8) is 0 Å². The molecule has 14 heavy (non-hydrogen) atoms. The van der Waals surface area contributed by atoms with E-state index in [1.165, 1.54) is 12.8 Å². The third kappa shape index (κ3) is 2.85. The normalized spacial score (nSPS) is 30.6. The average Bonchev–Trinajstić information content (AvgIpc) is 2.83. The van der Waals surface area contributed by atoms with Crippen molar-refractivity contribution >= 4 is 0 Å². The maximum absolute atomic E-state index is 12.1. The summed E-state index contributed by atoms with van der Waals surface area (Å²) in [5.41, 5.74) is 0. The lowest BCUT2D eigenvalue weighted by molar-refractivity contribution is -0.167. The summed E-state index contributed by atoms with van der Waals surface area (Å²) in [6.45, 7) is 1.53. The minimum atomic E-state index is -4.22. The zero-order valence-corrected chi connectivity index (χ0v) is 7.98. The number of hydrogen-bond donors (Lipinski definition) is 1. The van der Waals surface area contributed by atoms with Crippen LogP contribution in [0.3, 0.4) is 0 Å². The molecule has 1 saturated heterocycles. The van der Waals surface area contributed by atoms with Crippen LogP contribution in [-0.2, 0) is 0 Å². The number of hydrogen-bond acceptors (Lipinski definition) is 2. The van der Waals surface area contributed by atoms with E-state index in [9.17, 15) is 13.2 Å². The second kappa shape index (κ2) is 3.70. The zero-order valence-electron chi connectivity index (χ0n) is 7.98. The lowest BCUT2D eigenvalue weighted by Gasteiger charge is -2.33. The van der Waals surface area contributed by atoms with Gasteiger partial charge in [-0.15, -0.1) is 0 Å². The molecule has 2 nitrogen and oxygen atoms in total. The molecule has 1 N–H and O–H groups in total. The Morgan fingerprint density at radius 1 is 1.14 bits per heavy atom. The third-order valence-corrected chi connectivity index (χ3v) is 2.88. The molecule has 0 aromatic carbocycles.